The maximum absolute atomic E-state index is 12.1. The third-order valence-corrected chi connectivity index (χ3v) is 3.92. The fraction of sp³-hybridized carbons (Fsp3) is 0.211. The summed E-state index contributed by atoms with van der Waals surface area (Å²) in [4.78, 5) is 24.2. The molecule has 1 amide bonds. The maximum atomic E-state index is 12.1. The molecule has 0 atom stereocenters. The molecular formula is C19H19N3O4. The Morgan fingerprint density at radius 2 is 1.73 bits per heavy atom. The Morgan fingerprint density at radius 1 is 1.08 bits per heavy atom. The Morgan fingerprint density at radius 3 is 2.42 bits per heavy atom. The zero-order valence-electron chi connectivity index (χ0n) is 14.6. The first kappa shape index (κ1) is 17.5. The van der Waals surface area contributed by atoms with E-state index in [-0.39, 0.29) is 24.6 Å². The fourth-order valence-corrected chi connectivity index (χ4v) is 2.56. The van der Waals surface area contributed by atoms with Crippen molar-refractivity contribution >= 4 is 16.7 Å². The van der Waals surface area contributed by atoms with Crippen LogP contribution in [0.4, 0.5) is 0 Å². The van der Waals surface area contributed by atoms with Gasteiger partial charge in [-0.3, -0.25) is 9.59 Å². The van der Waals surface area contributed by atoms with E-state index in [1.54, 1.807) is 50.6 Å². The molecule has 7 nitrogen and oxygen atoms in total. The van der Waals surface area contributed by atoms with E-state index in [4.69, 9.17) is 9.47 Å². The minimum atomic E-state index is -0.277. The first-order chi connectivity index (χ1) is 12.6. The lowest BCUT2D eigenvalue weighted by molar-refractivity contribution is -0.123. The van der Waals surface area contributed by atoms with Gasteiger partial charge >= 0.3 is 0 Å². The van der Waals surface area contributed by atoms with Crippen molar-refractivity contribution in [1.29, 1.82) is 0 Å². The van der Waals surface area contributed by atoms with Crippen LogP contribution < -0.4 is 20.3 Å². The van der Waals surface area contributed by atoms with Gasteiger partial charge in [-0.15, -0.1) is 0 Å². The largest absolute Gasteiger partial charge is 0.497 e. The van der Waals surface area contributed by atoms with Gasteiger partial charge < -0.3 is 14.8 Å². The van der Waals surface area contributed by atoms with Gasteiger partial charge in [0.1, 0.15) is 11.5 Å². The van der Waals surface area contributed by atoms with Crippen LogP contribution in [0.1, 0.15) is 5.69 Å². The lowest BCUT2D eigenvalue weighted by Gasteiger charge is -2.10. The first-order valence-electron chi connectivity index (χ1n) is 8.07. The van der Waals surface area contributed by atoms with Gasteiger partial charge in [0.2, 0.25) is 0 Å². The highest BCUT2D eigenvalue weighted by Crippen LogP contribution is 2.17. The molecule has 0 bridgehead atoms. The second kappa shape index (κ2) is 7.69. The number of hydrogen-bond donors (Lipinski definition) is 1. The molecule has 0 unspecified atom stereocenters. The summed E-state index contributed by atoms with van der Waals surface area (Å²) in [6, 6.07) is 14.2. The molecule has 7 heteroatoms. The first-order valence-corrected chi connectivity index (χ1v) is 8.07. The SMILES string of the molecule is COc1ccc(OCC(=O)NCc2nn(C)c(=O)c3ccccc23)cc1. The molecule has 0 saturated heterocycles. The summed E-state index contributed by atoms with van der Waals surface area (Å²) in [6.45, 7) is 0.0927. The van der Waals surface area contributed by atoms with Gasteiger partial charge in [-0.25, -0.2) is 4.68 Å². The van der Waals surface area contributed by atoms with E-state index < -0.39 is 0 Å². The van der Waals surface area contributed by atoms with E-state index in [0.717, 1.165) is 11.1 Å². The number of methoxy groups -OCH3 is 1. The molecule has 0 saturated carbocycles. The number of fused-ring (bicyclic) bond motifs is 1. The molecule has 0 aliphatic rings. The third kappa shape index (κ3) is 3.83. The standard InChI is InChI=1S/C19H19N3O4/c1-22-19(24)16-6-4-3-5-15(16)17(21-22)11-20-18(23)12-26-14-9-7-13(25-2)8-10-14/h3-10H,11-12H2,1-2H3,(H,20,23). The molecule has 3 aromatic rings. The van der Waals surface area contributed by atoms with E-state index in [1.165, 1.54) is 4.68 Å². The van der Waals surface area contributed by atoms with Crippen molar-refractivity contribution < 1.29 is 14.3 Å². The number of carbonyl (C=O) groups excluding carboxylic acids is 1. The summed E-state index contributed by atoms with van der Waals surface area (Å²) in [7, 11) is 3.17. The quantitative estimate of drug-likeness (QED) is 0.728. The Kier molecular flexibility index (Phi) is 5.17. The van der Waals surface area contributed by atoms with Crippen LogP contribution in [0.15, 0.2) is 53.3 Å². The van der Waals surface area contributed by atoms with Crippen LogP contribution in [0.5, 0.6) is 11.5 Å². The molecule has 1 N–H and O–H groups in total. The molecule has 1 heterocycles. The number of nitrogens with one attached hydrogen (secondary N) is 1. The fourth-order valence-electron chi connectivity index (χ4n) is 2.56. The van der Waals surface area contributed by atoms with E-state index in [1.807, 2.05) is 12.1 Å². The number of carbonyl (C=O) groups is 1. The van der Waals surface area contributed by atoms with E-state index in [2.05, 4.69) is 10.4 Å². The lowest BCUT2D eigenvalue weighted by Crippen LogP contribution is -2.30. The van der Waals surface area contributed by atoms with E-state index in [9.17, 15) is 9.59 Å². The number of aromatic nitrogens is 2. The Bertz CT molecular complexity index is 980. The van der Waals surface area contributed by atoms with Crippen molar-refractivity contribution in [2.75, 3.05) is 13.7 Å². The van der Waals surface area contributed by atoms with Crippen LogP contribution in [-0.2, 0) is 18.4 Å². The molecule has 3 rings (SSSR count). The number of benzene rings is 2. The number of ether oxygens (including phenoxy) is 2. The van der Waals surface area contributed by atoms with Gasteiger partial charge in [-0.05, 0) is 30.3 Å². The molecule has 0 aliphatic carbocycles. The number of nitrogens with zero attached hydrogens (tertiary/aromatic N) is 2. The Balaban J connectivity index is 1.63. The summed E-state index contributed by atoms with van der Waals surface area (Å²) in [5.41, 5.74) is 0.457. The number of aryl methyl sites for hydroxylation is 1. The van der Waals surface area contributed by atoms with Crippen molar-refractivity contribution in [3.63, 3.8) is 0 Å². The van der Waals surface area contributed by atoms with Crippen LogP contribution in [-0.4, -0.2) is 29.4 Å². The second-order valence-electron chi connectivity index (χ2n) is 5.66. The van der Waals surface area contributed by atoms with Crippen LogP contribution in [0.2, 0.25) is 0 Å². The lowest BCUT2D eigenvalue weighted by atomic mass is 10.1. The zero-order chi connectivity index (χ0) is 18.5. The molecule has 26 heavy (non-hydrogen) atoms. The average molecular weight is 353 g/mol. The molecule has 134 valence electrons. The van der Waals surface area contributed by atoms with Crippen molar-refractivity contribution in [3.8, 4) is 11.5 Å². The Labute approximate surface area is 150 Å². The minimum Gasteiger partial charge on any atom is -0.497 e. The molecular weight excluding hydrogens is 334 g/mol. The van der Waals surface area contributed by atoms with Crippen molar-refractivity contribution in [1.82, 2.24) is 15.1 Å². The molecule has 0 radical (unpaired) electrons. The van der Waals surface area contributed by atoms with Crippen molar-refractivity contribution in [2.24, 2.45) is 7.05 Å². The molecule has 1 aromatic heterocycles. The van der Waals surface area contributed by atoms with Crippen LogP contribution in [0, 0.1) is 0 Å². The van der Waals surface area contributed by atoms with E-state index >= 15 is 0 Å². The second-order valence-corrected chi connectivity index (χ2v) is 5.66. The van der Waals surface area contributed by atoms with Gasteiger partial charge in [-0.1, -0.05) is 18.2 Å². The number of amides is 1. The highest BCUT2D eigenvalue weighted by molar-refractivity contribution is 5.84. The van der Waals surface area contributed by atoms with Crippen LogP contribution in [0.3, 0.4) is 0 Å². The van der Waals surface area contributed by atoms with Crippen molar-refractivity contribution in [3.05, 3.63) is 64.6 Å². The highest BCUT2D eigenvalue weighted by Gasteiger charge is 2.10. The highest BCUT2D eigenvalue weighted by atomic mass is 16.5. The normalized spacial score (nSPS) is 10.5. The van der Waals surface area contributed by atoms with Crippen LogP contribution >= 0.6 is 0 Å². The maximum Gasteiger partial charge on any atom is 0.274 e. The molecule has 0 fully saturated rings. The summed E-state index contributed by atoms with van der Waals surface area (Å²) < 4.78 is 11.8. The summed E-state index contributed by atoms with van der Waals surface area (Å²) in [5, 5.41) is 8.31. The third-order valence-electron chi connectivity index (χ3n) is 3.92. The monoisotopic (exact) mass is 353 g/mol. The molecule has 0 aliphatic heterocycles. The summed E-state index contributed by atoms with van der Waals surface area (Å²) in [6.07, 6.45) is 0. The Hall–Kier alpha value is -3.35. The number of hydrogen-bond acceptors (Lipinski definition) is 5. The molecule has 2 aromatic carbocycles. The van der Waals surface area contributed by atoms with E-state index in [0.29, 0.717) is 16.8 Å². The topological polar surface area (TPSA) is 82.4 Å². The zero-order valence-corrected chi connectivity index (χ0v) is 14.6. The van der Waals surface area contributed by atoms with Gasteiger partial charge in [0, 0.05) is 12.4 Å². The summed E-state index contributed by atoms with van der Waals surface area (Å²) >= 11 is 0. The van der Waals surface area contributed by atoms with Gasteiger partial charge in [-0.2, -0.15) is 5.10 Å². The van der Waals surface area contributed by atoms with Crippen LogP contribution in [0.25, 0.3) is 10.8 Å². The van der Waals surface area contributed by atoms with Gasteiger partial charge in [0.15, 0.2) is 6.61 Å². The molecule has 0 spiro atoms. The average Bonchev–Trinajstić information content (AvgIpc) is 2.68. The van der Waals surface area contributed by atoms with Gasteiger partial charge in [0.25, 0.3) is 11.5 Å². The number of rotatable bonds is 6. The summed E-state index contributed by atoms with van der Waals surface area (Å²) in [5.74, 6) is 1.02. The van der Waals surface area contributed by atoms with Crippen molar-refractivity contribution in [2.45, 2.75) is 6.54 Å². The predicted octanol–water partition coefficient (Wildman–Crippen LogP) is 1.64. The smallest absolute Gasteiger partial charge is 0.274 e. The predicted molar refractivity (Wildman–Crippen MR) is 97.3 cm³/mol. The minimum absolute atomic E-state index is 0.115. The van der Waals surface area contributed by atoms with Gasteiger partial charge in [0.05, 0.1) is 24.7 Å².